The molecule has 0 atom stereocenters. The number of ether oxygens (including phenoxy) is 2. The van der Waals surface area contributed by atoms with Crippen LogP contribution in [-0.4, -0.2) is 24.5 Å². The largest absolute Gasteiger partial charge is 0.508 e. The molecule has 0 aliphatic rings. The summed E-state index contributed by atoms with van der Waals surface area (Å²) in [4.78, 5) is 0. The first-order valence-corrected chi connectivity index (χ1v) is 8.77. The van der Waals surface area contributed by atoms with Crippen LogP contribution in [0.1, 0.15) is 0 Å². The van der Waals surface area contributed by atoms with E-state index in [0.29, 0.717) is 5.76 Å². The van der Waals surface area contributed by atoms with Gasteiger partial charge in [0.2, 0.25) is 0 Å². The highest BCUT2D eigenvalue weighted by Gasteiger charge is 2.21. The molecule has 0 radical (unpaired) electrons. The number of methoxy groups -OCH3 is 2. The van der Waals surface area contributed by atoms with Crippen LogP contribution in [0.3, 0.4) is 0 Å². The zero-order chi connectivity index (χ0) is 19.5. The molecule has 28 heavy (non-hydrogen) atoms. The fraction of sp³-hybridized carbons (Fsp3) is 0.0870. The van der Waals surface area contributed by atoms with E-state index in [2.05, 4.69) is 5.16 Å². The van der Waals surface area contributed by atoms with Gasteiger partial charge in [-0.25, -0.2) is 0 Å². The summed E-state index contributed by atoms with van der Waals surface area (Å²) in [6, 6.07) is 22.3. The minimum atomic E-state index is 0.199. The Balaban J connectivity index is 1.89. The second-order valence-electron chi connectivity index (χ2n) is 6.24. The Morgan fingerprint density at radius 3 is 1.71 bits per heavy atom. The topological polar surface area (TPSA) is 64.7 Å². The van der Waals surface area contributed by atoms with Crippen LogP contribution in [0.4, 0.5) is 0 Å². The van der Waals surface area contributed by atoms with Gasteiger partial charge < -0.3 is 19.1 Å². The molecule has 5 nitrogen and oxygen atoms in total. The van der Waals surface area contributed by atoms with Gasteiger partial charge in [-0.05, 0) is 66.2 Å². The molecular formula is C23H19NO4. The first kappa shape index (κ1) is 17.7. The van der Waals surface area contributed by atoms with Crippen molar-refractivity contribution in [1.29, 1.82) is 0 Å². The third-order valence-corrected chi connectivity index (χ3v) is 4.56. The summed E-state index contributed by atoms with van der Waals surface area (Å²) in [5.41, 5.74) is 4.31. The van der Waals surface area contributed by atoms with Crippen molar-refractivity contribution in [3.05, 3.63) is 72.8 Å². The molecule has 1 heterocycles. The summed E-state index contributed by atoms with van der Waals surface area (Å²) >= 11 is 0. The molecule has 1 aromatic heterocycles. The summed E-state index contributed by atoms with van der Waals surface area (Å²) in [5, 5.41) is 14.0. The molecule has 140 valence electrons. The molecule has 4 rings (SSSR count). The normalized spacial score (nSPS) is 10.6. The second-order valence-corrected chi connectivity index (χ2v) is 6.24. The molecule has 0 bridgehead atoms. The van der Waals surface area contributed by atoms with E-state index in [1.165, 1.54) is 0 Å². The fourth-order valence-corrected chi connectivity index (χ4v) is 3.07. The van der Waals surface area contributed by atoms with Crippen molar-refractivity contribution in [3.63, 3.8) is 0 Å². The van der Waals surface area contributed by atoms with Gasteiger partial charge in [0.05, 0.1) is 19.8 Å². The van der Waals surface area contributed by atoms with Crippen molar-refractivity contribution in [2.24, 2.45) is 0 Å². The summed E-state index contributed by atoms with van der Waals surface area (Å²) < 4.78 is 16.3. The Labute approximate surface area is 162 Å². The molecule has 0 aliphatic heterocycles. The van der Waals surface area contributed by atoms with E-state index in [4.69, 9.17) is 14.0 Å². The van der Waals surface area contributed by atoms with Gasteiger partial charge in [-0.3, -0.25) is 0 Å². The van der Waals surface area contributed by atoms with Crippen molar-refractivity contribution in [1.82, 2.24) is 5.16 Å². The Morgan fingerprint density at radius 1 is 0.679 bits per heavy atom. The quantitative estimate of drug-likeness (QED) is 0.507. The molecule has 0 spiro atoms. The molecule has 0 saturated carbocycles. The number of aromatic nitrogens is 1. The zero-order valence-electron chi connectivity index (χ0n) is 15.5. The lowest BCUT2D eigenvalue weighted by Crippen LogP contribution is -1.87. The van der Waals surface area contributed by atoms with E-state index >= 15 is 0 Å². The van der Waals surface area contributed by atoms with Gasteiger partial charge in [0.25, 0.3) is 0 Å². The number of benzene rings is 3. The molecule has 4 aromatic rings. The van der Waals surface area contributed by atoms with Crippen LogP contribution in [0.15, 0.2) is 77.3 Å². The van der Waals surface area contributed by atoms with Crippen molar-refractivity contribution < 1.29 is 19.1 Å². The van der Waals surface area contributed by atoms with Crippen LogP contribution in [0.25, 0.3) is 33.7 Å². The minimum Gasteiger partial charge on any atom is -0.508 e. The summed E-state index contributed by atoms with van der Waals surface area (Å²) in [5.74, 6) is 2.38. The van der Waals surface area contributed by atoms with Crippen LogP contribution >= 0.6 is 0 Å². The third kappa shape index (κ3) is 3.30. The molecule has 0 saturated heterocycles. The predicted octanol–water partition coefficient (Wildman–Crippen LogP) is 5.40. The van der Waals surface area contributed by atoms with Crippen molar-refractivity contribution in [2.45, 2.75) is 0 Å². The minimum absolute atomic E-state index is 0.199. The Morgan fingerprint density at radius 2 is 1.18 bits per heavy atom. The van der Waals surface area contributed by atoms with E-state index in [1.807, 2.05) is 48.5 Å². The Kier molecular flexibility index (Phi) is 4.72. The Bertz CT molecular complexity index is 1070. The number of phenolic OH excluding ortho intramolecular Hbond substituents is 1. The Hall–Kier alpha value is -3.73. The average molecular weight is 373 g/mol. The van der Waals surface area contributed by atoms with Gasteiger partial charge in [0.1, 0.15) is 22.9 Å². The number of hydrogen-bond donors (Lipinski definition) is 1. The molecule has 5 heteroatoms. The van der Waals surface area contributed by atoms with E-state index < -0.39 is 0 Å². The molecule has 0 aliphatic carbocycles. The maximum atomic E-state index is 9.61. The SMILES string of the molecule is COc1ccc(-c2noc(-c3ccc(O)cc3)c2-c2ccc(OC)cc2)cc1. The van der Waals surface area contributed by atoms with Crippen LogP contribution < -0.4 is 9.47 Å². The molecule has 0 unspecified atom stereocenters. The van der Waals surface area contributed by atoms with Gasteiger partial charge in [-0.15, -0.1) is 0 Å². The maximum Gasteiger partial charge on any atom is 0.175 e. The van der Waals surface area contributed by atoms with Crippen LogP contribution in [0.2, 0.25) is 0 Å². The second kappa shape index (κ2) is 7.48. The predicted molar refractivity (Wildman–Crippen MR) is 108 cm³/mol. The average Bonchev–Trinajstić information content (AvgIpc) is 3.19. The molecule has 1 N–H and O–H groups in total. The number of aromatic hydroxyl groups is 1. The van der Waals surface area contributed by atoms with Crippen molar-refractivity contribution in [2.75, 3.05) is 14.2 Å². The lowest BCUT2D eigenvalue weighted by atomic mass is 9.96. The highest BCUT2D eigenvalue weighted by Crippen LogP contribution is 2.41. The van der Waals surface area contributed by atoms with Crippen LogP contribution in [-0.2, 0) is 0 Å². The van der Waals surface area contributed by atoms with E-state index in [-0.39, 0.29) is 5.75 Å². The smallest absolute Gasteiger partial charge is 0.175 e. The molecule has 0 fully saturated rings. The highest BCUT2D eigenvalue weighted by molar-refractivity contribution is 5.90. The van der Waals surface area contributed by atoms with E-state index in [1.54, 1.807) is 38.5 Å². The zero-order valence-corrected chi connectivity index (χ0v) is 15.5. The number of rotatable bonds is 5. The van der Waals surface area contributed by atoms with Gasteiger partial charge >= 0.3 is 0 Å². The van der Waals surface area contributed by atoms with Crippen LogP contribution in [0.5, 0.6) is 17.2 Å². The number of phenols is 1. The van der Waals surface area contributed by atoms with Crippen molar-refractivity contribution >= 4 is 0 Å². The lowest BCUT2D eigenvalue weighted by Gasteiger charge is -2.07. The summed E-state index contributed by atoms with van der Waals surface area (Å²) in [6.07, 6.45) is 0. The van der Waals surface area contributed by atoms with E-state index in [0.717, 1.165) is 39.4 Å². The van der Waals surface area contributed by atoms with E-state index in [9.17, 15) is 5.11 Å². The number of nitrogens with zero attached hydrogens (tertiary/aromatic N) is 1. The first-order valence-electron chi connectivity index (χ1n) is 8.77. The molecule has 0 amide bonds. The summed E-state index contributed by atoms with van der Waals surface area (Å²) in [7, 11) is 3.27. The monoisotopic (exact) mass is 373 g/mol. The highest BCUT2D eigenvalue weighted by atomic mass is 16.5. The third-order valence-electron chi connectivity index (χ3n) is 4.56. The van der Waals surface area contributed by atoms with Gasteiger partial charge in [-0.1, -0.05) is 17.3 Å². The molecule has 3 aromatic carbocycles. The standard InChI is InChI=1S/C23H19NO4/c1-26-19-11-5-15(6-12-19)21-22(16-7-13-20(27-2)14-8-16)24-28-23(21)17-3-9-18(25)10-4-17/h3-14,25H,1-2H3. The molecular weight excluding hydrogens is 354 g/mol. The van der Waals surface area contributed by atoms with Gasteiger partial charge in [-0.2, -0.15) is 0 Å². The lowest BCUT2D eigenvalue weighted by molar-refractivity contribution is 0.414. The van der Waals surface area contributed by atoms with Crippen LogP contribution in [0, 0.1) is 0 Å². The van der Waals surface area contributed by atoms with Gasteiger partial charge in [0, 0.05) is 11.1 Å². The van der Waals surface area contributed by atoms with Crippen molar-refractivity contribution in [3.8, 4) is 51.0 Å². The summed E-state index contributed by atoms with van der Waals surface area (Å²) in [6.45, 7) is 0. The maximum absolute atomic E-state index is 9.61. The fourth-order valence-electron chi connectivity index (χ4n) is 3.07. The van der Waals surface area contributed by atoms with Gasteiger partial charge in [0.15, 0.2) is 5.76 Å². The number of hydrogen-bond acceptors (Lipinski definition) is 5. The first-order chi connectivity index (χ1) is 13.7.